The van der Waals surface area contributed by atoms with Crippen molar-refractivity contribution in [2.24, 2.45) is 17.8 Å². The van der Waals surface area contributed by atoms with E-state index in [0.717, 1.165) is 43.2 Å². The average Bonchev–Trinajstić information content (AvgIpc) is 2.76. The third kappa shape index (κ3) is 6.64. The highest BCUT2D eigenvalue weighted by Gasteiger charge is 2.30. The largest absolute Gasteiger partial charge is 0.346 e. The Kier molecular flexibility index (Phi) is 8.25. The van der Waals surface area contributed by atoms with Crippen molar-refractivity contribution in [1.82, 2.24) is 10.6 Å². The second-order valence-electron chi connectivity index (χ2n) is 9.78. The van der Waals surface area contributed by atoms with E-state index in [1.54, 1.807) is 0 Å². The molecule has 168 valence electrons. The molecule has 0 bridgehead atoms. The number of rotatable bonds is 9. The van der Waals surface area contributed by atoms with Crippen LogP contribution in [0.4, 0.5) is 0 Å². The summed E-state index contributed by atoms with van der Waals surface area (Å²) >= 11 is 0. The second-order valence-corrected chi connectivity index (χ2v) is 9.78. The Morgan fingerprint density at radius 2 is 1.61 bits per heavy atom. The number of benzene rings is 2. The normalized spacial score (nSPS) is 20.2. The van der Waals surface area contributed by atoms with Crippen LogP contribution in [0.1, 0.15) is 58.9 Å². The van der Waals surface area contributed by atoms with Crippen LogP contribution in [-0.2, 0) is 16.0 Å². The molecule has 2 N–H and O–H groups in total. The lowest BCUT2D eigenvalue weighted by atomic mass is 9.81. The van der Waals surface area contributed by atoms with E-state index in [1.807, 2.05) is 26.0 Å². The molecule has 2 aromatic rings. The lowest BCUT2D eigenvalue weighted by Gasteiger charge is -2.30. The van der Waals surface area contributed by atoms with E-state index in [0.29, 0.717) is 18.4 Å². The molecule has 1 fully saturated rings. The summed E-state index contributed by atoms with van der Waals surface area (Å²) in [4.78, 5) is 25.9. The maximum atomic E-state index is 13.0. The zero-order valence-electron chi connectivity index (χ0n) is 19.5. The number of amides is 1. The molecule has 1 unspecified atom stereocenters. The number of carbonyl (C=O) groups is 2. The Morgan fingerprint density at radius 1 is 0.935 bits per heavy atom. The molecule has 0 heterocycles. The van der Waals surface area contributed by atoms with Crippen molar-refractivity contribution in [2.75, 3.05) is 6.54 Å². The molecule has 4 nitrogen and oxygen atoms in total. The van der Waals surface area contributed by atoms with Gasteiger partial charge in [0, 0.05) is 17.9 Å². The summed E-state index contributed by atoms with van der Waals surface area (Å²) in [6, 6.07) is 14.6. The molecule has 31 heavy (non-hydrogen) atoms. The Bertz CT molecular complexity index is 882. The van der Waals surface area contributed by atoms with E-state index in [2.05, 4.69) is 54.8 Å². The zero-order chi connectivity index (χ0) is 22.4. The predicted octanol–water partition coefficient (Wildman–Crippen LogP) is 4.90. The predicted molar refractivity (Wildman–Crippen MR) is 128 cm³/mol. The van der Waals surface area contributed by atoms with Gasteiger partial charge >= 0.3 is 0 Å². The van der Waals surface area contributed by atoms with Crippen LogP contribution >= 0.6 is 0 Å². The van der Waals surface area contributed by atoms with Crippen LogP contribution in [0.2, 0.25) is 0 Å². The van der Waals surface area contributed by atoms with Gasteiger partial charge in [0.2, 0.25) is 5.91 Å². The van der Waals surface area contributed by atoms with E-state index < -0.39 is 6.04 Å². The highest BCUT2D eigenvalue weighted by Crippen LogP contribution is 2.29. The van der Waals surface area contributed by atoms with Crippen LogP contribution < -0.4 is 10.6 Å². The molecule has 0 radical (unpaired) electrons. The fourth-order valence-electron chi connectivity index (χ4n) is 4.55. The monoisotopic (exact) mass is 422 g/mol. The number of Topliss-reactive ketones (excluding diaryl/α,β-unsaturated/α-hetero) is 1. The first kappa shape index (κ1) is 23.5. The molecule has 1 saturated carbocycles. The van der Waals surface area contributed by atoms with Gasteiger partial charge in [0.05, 0.1) is 6.04 Å². The first-order chi connectivity index (χ1) is 14.8. The number of hydrogen-bond donors (Lipinski definition) is 2. The Labute approximate surface area is 187 Å². The minimum Gasteiger partial charge on any atom is -0.346 e. The van der Waals surface area contributed by atoms with Crippen LogP contribution in [0.15, 0.2) is 42.5 Å². The summed E-state index contributed by atoms with van der Waals surface area (Å²) in [5.74, 6) is 0.724. The van der Waals surface area contributed by atoms with Crippen LogP contribution in [-0.4, -0.2) is 30.3 Å². The molecule has 1 aliphatic rings. The molecule has 2 aromatic carbocycles. The van der Waals surface area contributed by atoms with Crippen LogP contribution in [0, 0.1) is 17.8 Å². The van der Waals surface area contributed by atoms with Crippen LogP contribution in [0.5, 0.6) is 0 Å². The van der Waals surface area contributed by atoms with Crippen molar-refractivity contribution in [3.63, 3.8) is 0 Å². The third-order valence-corrected chi connectivity index (χ3v) is 6.51. The molecular formula is C27H38N2O2. The molecule has 0 aromatic heterocycles. The standard InChI is InChI=1S/C27H38N2O2/c1-18(2)26(30)25(16-21-11-12-22-7-5-6-8-24(22)15-21)29-27(31)23-13-9-20(10-14-23)17-28-19(3)4/h5-8,11-12,15,18-20,23,25,28H,9-10,13-14,16-17H2,1-4H3,(H,29,31). The number of carbonyl (C=O) groups excluding carboxylic acids is 2. The van der Waals surface area contributed by atoms with E-state index in [1.165, 1.54) is 5.39 Å². The molecular weight excluding hydrogens is 384 g/mol. The van der Waals surface area contributed by atoms with Crippen LogP contribution in [0.25, 0.3) is 10.8 Å². The molecule has 1 aliphatic carbocycles. The van der Waals surface area contributed by atoms with E-state index in [9.17, 15) is 9.59 Å². The molecule has 0 spiro atoms. The van der Waals surface area contributed by atoms with Gasteiger partial charge in [-0.3, -0.25) is 9.59 Å². The highest BCUT2D eigenvalue weighted by atomic mass is 16.2. The van der Waals surface area contributed by atoms with Gasteiger partial charge in [-0.15, -0.1) is 0 Å². The zero-order valence-corrected chi connectivity index (χ0v) is 19.5. The van der Waals surface area contributed by atoms with Crippen molar-refractivity contribution >= 4 is 22.5 Å². The number of hydrogen-bond acceptors (Lipinski definition) is 3. The van der Waals surface area contributed by atoms with Crippen LogP contribution in [0.3, 0.4) is 0 Å². The Hall–Kier alpha value is -2.20. The number of fused-ring (bicyclic) bond motifs is 1. The van der Waals surface area contributed by atoms with Crippen molar-refractivity contribution < 1.29 is 9.59 Å². The molecule has 0 aliphatic heterocycles. The minimum absolute atomic E-state index is 0.0226. The summed E-state index contributed by atoms with van der Waals surface area (Å²) in [6.07, 6.45) is 4.52. The second kappa shape index (κ2) is 10.9. The summed E-state index contributed by atoms with van der Waals surface area (Å²) in [7, 11) is 0. The molecule has 1 amide bonds. The summed E-state index contributed by atoms with van der Waals surface area (Å²) in [6.45, 7) is 9.19. The van der Waals surface area contributed by atoms with E-state index >= 15 is 0 Å². The first-order valence-corrected chi connectivity index (χ1v) is 11.9. The van der Waals surface area contributed by atoms with E-state index in [4.69, 9.17) is 0 Å². The van der Waals surface area contributed by atoms with Gasteiger partial charge in [-0.25, -0.2) is 0 Å². The lowest BCUT2D eigenvalue weighted by Crippen LogP contribution is -2.47. The van der Waals surface area contributed by atoms with Gasteiger partial charge in [0.1, 0.15) is 0 Å². The topological polar surface area (TPSA) is 58.2 Å². The Balaban J connectivity index is 1.62. The maximum absolute atomic E-state index is 13.0. The van der Waals surface area contributed by atoms with Gasteiger partial charge in [-0.05, 0) is 60.9 Å². The van der Waals surface area contributed by atoms with Gasteiger partial charge < -0.3 is 10.6 Å². The molecule has 1 atom stereocenters. The Morgan fingerprint density at radius 3 is 2.26 bits per heavy atom. The van der Waals surface area contributed by atoms with Crippen molar-refractivity contribution in [3.8, 4) is 0 Å². The summed E-state index contributed by atoms with van der Waals surface area (Å²) in [5.41, 5.74) is 1.08. The van der Waals surface area contributed by atoms with Crippen molar-refractivity contribution in [2.45, 2.75) is 71.9 Å². The first-order valence-electron chi connectivity index (χ1n) is 11.9. The molecule has 4 heteroatoms. The van der Waals surface area contributed by atoms with Gasteiger partial charge in [0.15, 0.2) is 5.78 Å². The third-order valence-electron chi connectivity index (χ3n) is 6.51. The highest BCUT2D eigenvalue weighted by molar-refractivity contribution is 5.91. The van der Waals surface area contributed by atoms with Crippen molar-refractivity contribution in [1.29, 1.82) is 0 Å². The smallest absolute Gasteiger partial charge is 0.223 e. The fourth-order valence-corrected chi connectivity index (χ4v) is 4.55. The molecule has 3 rings (SSSR count). The molecule has 0 saturated heterocycles. The van der Waals surface area contributed by atoms with Gasteiger partial charge in [0.25, 0.3) is 0 Å². The fraction of sp³-hybridized carbons (Fsp3) is 0.556. The number of nitrogens with one attached hydrogen (secondary N) is 2. The quantitative estimate of drug-likeness (QED) is 0.604. The van der Waals surface area contributed by atoms with Gasteiger partial charge in [-0.2, -0.15) is 0 Å². The number of ketones is 1. The maximum Gasteiger partial charge on any atom is 0.223 e. The summed E-state index contributed by atoms with van der Waals surface area (Å²) in [5, 5.41) is 8.99. The van der Waals surface area contributed by atoms with E-state index in [-0.39, 0.29) is 23.5 Å². The minimum atomic E-state index is -0.464. The van der Waals surface area contributed by atoms with Gasteiger partial charge in [-0.1, -0.05) is 70.2 Å². The lowest BCUT2D eigenvalue weighted by molar-refractivity contribution is -0.132. The summed E-state index contributed by atoms with van der Waals surface area (Å²) < 4.78 is 0. The SMILES string of the molecule is CC(C)NCC1CCC(C(=O)NC(Cc2ccc3ccccc3c2)C(=O)C(C)C)CC1. The average molecular weight is 423 g/mol. The van der Waals surface area contributed by atoms with Crippen molar-refractivity contribution in [3.05, 3.63) is 48.0 Å².